The molecule has 0 atom stereocenters. The predicted octanol–water partition coefficient (Wildman–Crippen LogP) is 1.18. The number of benzene rings is 1. The maximum Gasteiger partial charge on any atom is 0.244 e. The Bertz CT molecular complexity index is 532. The summed E-state index contributed by atoms with van der Waals surface area (Å²) in [6.45, 7) is 6.59. The molecule has 1 fully saturated rings. The van der Waals surface area contributed by atoms with Crippen molar-refractivity contribution in [2.24, 2.45) is 5.10 Å². The first kappa shape index (κ1) is 14.2. The summed E-state index contributed by atoms with van der Waals surface area (Å²) in [6, 6.07) is 8.36. The van der Waals surface area contributed by atoms with Crippen molar-refractivity contribution in [3.05, 3.63) is 35.4 Å². The zero-order valence-corrected chi connectivity index (χ0v) is 12.5. The van der Waals surface area contributed by atoms with Crippen molar-refractivity contribution in [3.63, 3.8) is 0 Å². The molecule has 1 amide bonds. The lowest BCUT2D eigenvalue weighted by atomic mass is 10.0. The normalized spacial score (nSPS) is 20.5. The number of nitrogens with one attached hydrogen (secondary N) is 1. The van der Waals surface area contributed by atoms with Crippen LogP contribution in [0.3, 0.4) is 0 Å². The van der Waals surface area contributed by atoms with Crippen molar-refractivity contribution in [3.8, 4) is 0 Å². The number of rotatable bonds is 3. The lowest BCUT2D eigenvalue weighted by Crippen LogP contribution is -2.49. The van der Waals surface area contributed by atoms with Crippen molar-refractivity contribution in [2.45, 2.75) is 19.8 Å². The maximum atomic E-state index is 12.1. The Morgan fingerprint density at radius 1 is 1.14 bits per heavy atom. The first-order chi connectivity index (χ1) is 10.2. The van der Waals surface area contributed by atoms with Gasteiger partial charge >= 0.3 is 0 Å². The van der Waals surface area contributed by atoms with Crippen molar-refractivity contribution in [1.29, 1.82) is 0 Å². The lowest BCUT2D eigenvalue weighted by molar-refractivity contribution is -0.134. The Morgan fingerprint density at radius 3 is 2.57 bits per heavy atom. The largest absolute Gasteiger partial charge is 0.314 e. The second-order valence-corrected chi connectivity index (χ2v) is 5.72. The molecule has 0 radical (unpaired) electrons. The van der Waals surface area contributed by atoms with E-state index < -0.39 is 0 Å². The molecule has 1 aromatic carbocycles. The molecule has 0 bridgehead atoms. The molecule has 3 rings (SSSR count). The fourth-order valence-electron chi connectivity index (χ4n) is 2.71. The van der Waals surface area contributed by atoms with E-state index in [9.17, 15) is 4.79 Å². The van der Waals surface area contributed by atoms with Crippen molar-refractivity contribution in [1.82, 2.24) is 15.2 Å². The van der Waals surface area contributed by atoms with Crippen LogP contribution >= 0.6 is 0 Å². The van der Waals surface area contributed by atoms with Crippen LogP contribution in [0, 0.1) is 6.92 Å². The van der Waals surface area contributed by atoms with E-state index >= 15 is 0 Å². The molecule has 0 saturated carbocycles. The lowest BCUT2D eigenvalue weighted by Gasteiger charge is -2.32. The van der Waals surface area contributed by atoms with E-state index in [0.29, 0.717) is 13.1 Å². The van der Waals surface area contributed by atoms with E-state index in [2.05, 4.69) is 46.5 Å². The summed E-state index contributed by atoms with van der Waals surface area (Å²) in [7, 11) is 0. The topological polar surface area (TPSA) is 47.9 Å². The zero-order chi connectivity index (χ0) is 14.7. The Labute approximate surface area is 125 Å². The highest BCUT2D eigenvalue weighted by Crippen LogP contribution is 2.16. The van der Waals surface area contributed by atoms with Gasteiger partial charge in [0.1, 0.15) is 0 Å². The third-order valence-electron chi connectivity index (χ3n) is 4.03. The Morgan fingerprint density at radius 2 is 1.86 bits per heavy atom. The molecule has 1 saturated heterocycles. The van der Waals surface area contributed by atoms with E-state index in [0.717, 1.165) is 43.9 Å². The van der Waals surface area contributed by atoms with Crippen molar-refractivity contribution < 1.29 is 4.79 Å². The number of aryl methyl sites for hydroxylation is 1. The van der Waals surface area contributed by atoms with Gasteiger partial charge in [-0.3, -0.25) is 9.69 Å². The standard InChI is InChI=1S/C16H22N4O/c1-13-2-4-14(5-3-13)15-6-7-16(21)20(18-15)12-19-10-8-17-9-11-19/h2-5,17H,6-12H2,1H3. The molecule has 0 aromatic heterocycles. The Hall–Kier alpha value is -1.72. The highest BCUT2D eigenvalue weighted by atomic mass is 16.2. The van der Waals surface area contributed by atoms with Gasteiger partial charge in [-0.15, -0.1) is 0 Å². The number of nitrogens with zero attached hydrogens (tertiary/aromatic N) is 3. The molecule has 2 aliphatic rings. The number of hydrogen-bond donors (Lipinski definition) is 1. The van der Waals surface area contributed by atoms with Gasteiger partial charge in [0.15, 0.2) is 0 Å². The molecule has 0 aliphatic carbocycles. The molecule has 0 unspecified atom stereocenters. The number of carbonyl (C=O) groups excluding carboxylic acids is 1. The van der Waals surface area contributed by atoms with Gasteiger partial charge in [0, 0.05) is 39.0 Å². The van der Waals surface area contributed by atoms with Crippen molar-refractivity contribution >= 4 is 11.6 Å². The summed E-state index contributed by atoms with van der Waals surface area (Å²) in [6.07, 6.45) is 1.29. The molecule has 1 aromatic rings. The van der Waals surface area contributed by atoms with Gasteiger partial charge in [-0.25, -0.2) is 5.01 Å². The van der Waals surface area contributed by atoms with Gasteiger partial charge in [0.25, 0.3) is 0 Å². The van der Waals surface area contributed by atoms with Crippen LogP contribution in [-0.2, 0) is 4.79 Å². The minimum atomic E-state index is 0.129. The molecule has 2 aliphatic heterocycles. The average molecular weight is 286 g/mol. The maximum absolute atomic E-state index is 12.1. The summed E-state index contributed by atoms with van der Waals surface area (Å²) in [5.74, 6) is 0.129. The van der Waals surface area contributed by atoms with E-state index in [1.807, 2.05) is 0 Å². The monoisotopic (exact) mass is 286 g/mol. The fourth-order valence-corrected chi connectivity index (χ4v) is 2.71. The minimum Gasteiger partial charge on any atom is -0.314 e. The number of amides is 1. The second kappa shape index (κ2) is 6.37. The number of hydrogen-bond acceptors (Lipinski definition) is 4. The molecule has 1 N–H and O–H groups in total. The van der Waals surface area contributed by atoms with Gasteiger partial charge in [-0.2, -0.15) is 5.10 Å². The molecular formula is C16H22N4O. The third-order valence-corrected chi connectivity index (χ3v) is 4.03. The van der Waals surface area contributed by atoms with E-state index in [1.54, 1.807) is 5.01 Å². The molecule has 112 valence electrons. The molecular weight excluding hydrogens is 264 g/mol. The first-order valence-corrected chi connectivity index (χ1v) is 7.60. The van der Waals surface area contributed by atoms with Crippen LogP contribution in [0.5, 0.6) is 0 Å². The fraction of sp³-hybridized carbons (Fsp3) is 0.500. The average Bonchev–Trinajstić information content (AvgIpc) is 2.51. The molecule has 5 nitrogen and oxygen atoms in total. The number of hydrazone groups is 1. The van der Waals surface area contributed by atoms with Crippen LogP contribution in [0.2, 0.25) is 0 Å². The molecule has 5 heteroatoms. The summed E-state index contributed by atoms with van der Waals surface area (Å²) < 4.78 is 0. The van der Waals surface area contributed by atoms with Gasteiger partial charge in [-0.1, -0.05) is 29.8 Å². The SMILES string of the molecule is Cc1ccc(C2=NN(CN3CCNCC3)C(=O)CC2)cc1. The van der Waals surface area contributed by atoms with Crippen molar-refractivity contribution in [2.75, 3.05) is 32.8 Å². The summed E-state index contributed by atoms with van der Waals surface area (Å²) >= 11 is 0. The van der Waals surface area contributed by atoms with Crippen LogP contribution < -0.4 is 5.32 Å². The molecule has 0 spiro atoms. The first-order valence-electron chi connectivity index (χ1n) is 7.60. The Balaban J connectivity index is 1.74. The van der Waals surface area contributed by atoms with Gasteiger partial charge in [-0.05, 0) is 12.5 Å². The highest BCUT2D eigenvalue weighted by molar-refractivity contribution is 6.04. The quantitative estimate of drug-likeness (QED) is 0.908. The number of carbonyl (C=O) groups is 1. The van der Waals surface area contributed by atoms with E-state index in [-0.39, 0.29) is 5.91 Å². The van der Waals surface area contributed by atoms with Crippen LogP contribution in [0.1, 0.15) is 24.0 Å². The molecule has 2 heterocycles. The van der Waals surface area contributed by atoms with Gasteiger partial charge in [0.05, 0.1) is 12.4 Å². The van der Waals surface area contributed by atoms with E-state index in [4.69, 9.17) is 0 Å². The smallest absolute Gasteiger partial charge is 0.244 e. The summed E-state index contributed by atoms with van der Waals surface area (Å²) in [5.41, 5.74) is 3.38. The van der Waals surface area contributed by atoms with Gasteiger partial charge in [0.2, 0.25) is 5.91 Å². The van der Waals surface area contributed by atoms with Gasteiger partial charge < -0.3 is 5.32 Å². The van der Waals surface area contributed by atoms with Crippen LogP contribution in [0.4, 0.5) is 0 Å². The molecule has 21 heavy (non-hydrogen) atoms. The van der Waals surface area contributed by atoms with Crippen LogP contribution in [0.25, 0.3) is 0 Å². The Kier molecular flexibility index (Phi) is 4.31. The predicted molar refractivity (Wildman–Crippen MR) is 83.1 cm³/mol. The second-order valence-electron chi connectivity index (χ2n) is 5.72. The van der Waals surface area contributed by atoms with Crippen LogP contribution in [0.15, 0.2) is 29.4 Å². The minimum absolute atomic E-state index is 0.129. The van der Waals surface area contributed by atoms with Crippen LogP contribution in [-0.4, -0.2) is 54.4 Å². The highest BCUT2D eigenvalue weighted by Gasteiger charge is 2.23. The third kappa shape index (κ3) is 3.49. The zero-order valence-electron chi connectivity index (χ0n) is 12.5. The summed E-state index contributed by atoms with van der Waals surface area (Å²) in [4.78, 5) is 14.3. The summed E-state index contributed by atoms with van der Waals surface area (Å²) in [5, 5.41) is 9.56. The number of piperazine rings is 1. The van der Waals surface area contributed by atoms with E-state index in [1.165, 1.54) is 5.56 Å².